The number of halogens is 1. The number of hydrogen-bond acceptors (Lipinski definition) is 4. The summed E-state index contributed by atoms with van der Waals surface area (Å²) < 4.78 is 26.7. The number of rotatable bonds is 5. The smallest absolute Gasteiger partial charge is 0.242 e. The van der Waals surface area contributed by atoms with E-state index in [1.54, 1.807) is 17.4 Å². The molecule has 0 aliphatic heterocycles. The van der Waals surface area contributed by atoms with Crippen LogP contribution in [0.25, 0.3) is 0 Å². The molecule has 3 N–H and O–H groups in total. The summed E-state index contributed by atoms with van der Waals surface area (Å²) in [4.78, 5) is 0.0134. The summed E-state index contributed by atoms with van der Waals surface area (Å²) in [6, 6.07) is 6.36. The van der Waals surface area contributed by atoms with Crippen LogP contribution in [-0.4, -0.2) is 15.0 Å². The van der Waals surface area contributed by atoms with Crippen LogP contribution in [-0.2, 0) is 16.4 Å². The normalized spacial score (nSPS) is 11.6. The van der Waals surface area contributed by atoms with Gasteiger partial charge in [0.15, 0.2) is 0 Å². The van der Waals surface area contributed by atoms with Gasteiger partial charge in [-0.1, -0.05) is 11.6 Å². The molecular formula is C12H13ClN2O2S2. The molecule has 4 nitrogen and oxygen atoms in total. The average Bonchev–Trinajstić information content (AvgIpc) is 2.85. The molecule has 1 heterocycles. The van der Waals surface area contributed by atoms with Crippen LogP contribution in [0.1, 0.15) is 5.56 Å². The van der Waals surface area contributed by atoms with Gasteiger partial charge in [-0.3, -0.25) is 0 Å². The summed E-state index contributed by atoms with van der Waals surface area (Å²) in [5.41, 5.74) is 7.05. The zero-order valence-corrected chi connectivity index (χ0v) is 12.4. The molecule has 0 fully saturated rings. The van der Waals surface area contributed by atoms with E-state index in [1.165, 1.54) is 12.1 Å². The Morgan fingerprint density at radius 3 is 2.79 bits per heavy atom. The van der Waals surface area contributed by atoms with Gasteiger partial charge >= 0.3 is 0 Å². The predicted octanol–water partition coefficient (Wildman–Crippen LogP) is 2.50. The first-order chi connectivity index (χ1) is 8.99. The van der Waals surface area contributed by atoms with Crippen LogP contribution in [0, 0.1) is 0 Å². The molecule has 0 spiro atoms. The van der Waals surface area contributed by atoms with Crippen molar-refractivity contribution < 1.29 is 8.42 Å². The Balaban J connectivity index is 2.07. The van der Waals surface area contributed by atoms with Crippen molar-refractivity contribution in [2.24, 2.45) is 0 Å². The molecule has 0 radical (unpaired) electrons. The number of sulfonamides is 1. The van der Waals surface area contributed by atoms with Crippen molar-refractivity contribution in [1.29, 1.82) is 0 Å². The summed E-state index contributed by atoms with van der Waals surface area (Å²) in [5.74, 6) is 0. The minimum atomic E-state index is -3.63. The predicted molar refractivity (Wildman–Crippen MR) is 79.1 cm³/mol. The molecule has 0 saturated carbocycles. The van der Waals surface area contributed by atoms with E-state index in [0.717, 1.165) is 5.56 Å². The second-order valence-electron chi connectivity index (χ2n) is 3.97. The van der Waals surface area contributed by atoms with E-state index in [1.807, 2.05) is 16.8 Å². The Morgan fingerprint density at radius 2 is 2.11 bits per heavy atom. The molecule has 1 aromatic heterocycles. The van der Waals surface area contributed by atoms with E-state index < -0.39 is 10.0 Å². The van der Waals surface area contributed by atoms with Crippen molar-refractivity contribution in [3.63, 3.8) is 0 Å². The monoisotopic (exact) mass is 316 g/mol. The third-order valence-corrected chi connectivity index (χ3v) is 5.21. The lowest BCUT2D eigenvalue weighted by Crippen LogP contribution is -2.26. The van der Waals surface area contributed by atoms with Crippen molar-refractivity contribution in [3.05, 3.63) is 45.6 Å². The Bertz CT molecular complexity index is 654. The van der Waals surface area contributed by atoms with E-state index in [4.69, 9.17) is 17.3 Å². The molecule has 19 heavy (non-hydrogen) atoms. The Morgan fingerprint density at radius 1 is 1.32 bits per heavy atom. The zero-order chi connectivity index (χ0) is 13.9. The molecule has 2 aromatic rings. The second-order valence-corrected chi connectivity index (χ2v) is 6.89. The largest absolute Gasteiger partial charge is 0.399 e. The molecule has 0 saturated heterocycles. The first-order valence-corrected chi connectivity index (χ1v) is 8.35. The maximum Gasteiger partial charge on any atom is 0.242 e. The van der Waals surface area contributed by atoms with Crippen LogP contribution in [0.5, 0.6) is 0 Å². The van der Waals surface area contributed by atoms with Crippen LogP contribution >= 0.6 is 22.9 Å². The molecule has 0 unspecified atom stereocenters. The van der Waals surface area contributed by atoms with Gasteiger partial charge in [0.1, 0.15) is 4.90 Å². The van der Waals surface area contributed by atoms with E-state index in [9.17, 15) is 8.42 Å². The fourth-order valence-electron chi connectivity index (χ4n) is 1.57. The molecular weight excluding hydrogens is 304 g/mol. The molecule has 0 amide bonds. The number of thiophene rings is 1. The number of nitrogen functional groups attached to an aromatic ring is 1. The Kier molecular flexibility index (Phi) is 4.46. The van der Waals surface area contributed by atoms with E-state index in [0.29, 0.717) is 18.7 Å². The molecule has 7 heteroatoms. The lowest BCUT2D eigenvalue weighted by atomic mass is 10.2. The average molecular weight is 317 g/mol. The molecule has 0 aliphatic carbocycles. The van der Waals surface area contributed by atoms with Crippen LogP contribution in [0.15, 0.2) is 39.9 Å². The lowest BCUT2D eigenvalue weighted by Gasteiger charge is -2.08. The van der Waals surface area contributed by atoms with Gasteiger partial charge in [-0.05, 0) is 47.0 Å². The SMILES string of the molecule is Nc1ccc(Cl)c(S(=O)(=O)NCCc2ccsc2)c1. The van der Waals surface area contributed by atoms with Gasteiger partial charge in [0.2, 0.25) is 10.0 Å². The first-order valence-electron chi connectivity index (χ1n) is 5.55. The molecule has 2 rings (SSSR count). The van der Waals surface area contributed by atoms with Crippen LogP contribution in [0.4, 0.5) is 5.69 Å². The molecule has 102 valence electrons. The minimum Gasteiger partial charge on any atom is -0.399 e. The number of anilines is 1. The van der Waals surface area contributed by atoms with Gasteiger partial charge in [0.05, 0.1) is 5.02 Å². The van der Waals surface area contributed by atoms with Crippen LogP contribution in [0.3, 0.4) is 0 Å². The summed E-state index contributed by atoms with van der Waals surface area (Å²) in [5, 5.41) is 4.11. The Hall–Kier alpha value is -1.08. The standard InChI is InChI=1S/C12H13ClN2O2S2/c13-11-2-1-10(14)7-12(11)19(16,17)15-5-3-9-4-6-18-8-9/h1-2,4,6-8,15H,3,5,14H2. The third-order valence-electron chi connectivity index (χ3n) is 2.53. The third kappa shape index (κ3) is 3.70. The lowest BCUT2D eigenvalue weighted by molar-refractivity contribution is 0.582. The summed E-state index contributed by atoms with van der Waals surface area (Å²) in [6.45, 7) is 0.324. The van der Waals surface area contributed by atoms with Gasteiger partial charge in [-0.2, -0.15) is 11.3 Å². The highest BCUT2D eigenvalue weighted by Crippen LogP contribution is 2.23. The molecule has 0 atom stereocenters. The van der Waals surface area contributed by atoms with Gasteiger partial charge in [-0.25, -0.2) is 13.1 Å². The summed E-state index contributed by atoms with van der Waals surface area (Å²) in [7, 11) is -3.63. The van der Waals surface area contributed by atoms with Gasteiger partial charge in [0.25, 0.3) is 0 Å². The second kappa shape index (κ2) is 5.92. The Labute approximate surface area is 121 Å². The van der Waals surface area contributed by atoms with Gasteiger partial charge < -0.3 is 5.73 Å². The number of benzene rings is 1. The maximum atomic E-state index is 12.1. The van der Waals surface area contributed by atoms with Crippen LogP contribution in [0.2, 0.25) is 5.02 Å². The van der Waals surface area contributed by atoms with E-state index in [-0.39, 0.29) is 9.92 Å². The fraction of sp³-hybridized carbons (Fsp3) is 0.167. The highest BCUT2D eigenvalue weighted by Gasteiger charge is 2.17. The number of nitrogens with two attached hydrogens (primary N) is 1. The molecule has 0 aliphatic rings. The van der Waals surface area contributed by atoms with Crippen molar-refractivity contribution >= 4 is 38.6 Å². The van der Waals surface area contributed by atoms with Crippen molar-refractivity contribution in [2.75, 3.05) is 12.3 Å². The van der Waals surface area contributed by atoms with Crippen molar-refractivity contribution in [3.8, 4) is 0 Å². The first kappa shape index (κ1) is 14.3. The molecule has 1 aromatic carbocycles. The highest BCUT2D eigenvalue weighted by molar-refractivity contribution is 7.89. The van der Waals surface area contributed by atoms with Gasteiger partial charge in [-0.15, -0.1) is 0 Å². The minimum absolute atomic E-state index is 0.0134. The number of nitrogens with one attached hydrogen (secondary N) is 1. The van der Waals surface area contributed by atoms with Gasteiger partial charge in [0, 0.05) is 12.2 Å². The van der Waals surface area contributed by atoms with E-state index >= 15 is 0 Å². The van der Waals surface area contributed by atoms with E-state index in [2.05, 4.69) is 4.72 Å². The van der Waals surface area contributed by atoms with Crippen LogP contribution < -0.4 is 10.5 Å². The van der Waals surface area contributed by atoms with Crippen molar-refractivity contribution in [2.45, 2.75) is 11.3 Å². The zero-order valence-electron chi connectivity index (χ0n) is 9.97. The van der Waals surface area contributed by atoms with Crippen molar-refractivity contribution in [1.82, 2.24) is 4.72 Å². The topological polar surface area (TPSA) is 72.2 Å². The highest BCUT2D eigenvalue weighted by atomic mass is 35.5. The molecule has 0 bridgehead atoms. The summed E-state index contributed by atoms with van der Waals surface area (Å²) in [6.07, 6.45) is 0.642. The summed E-state index contributed by atoms with van der Waals surface area (Å²) >= 11 is 7.47. The number of hydrogen-bond donors (Lipinski definition) is 2. The maximum absolute atomic E-state index is 12.1. The quantitative estimate of drug-likeness (QED) is 0.832. The fourth-order valence-corrected chi connectivity index (χ4v) is 3.84.